The number of methoxy groups -OCH3 is 1. The fraction of sp³-hybridized carbons (Fsp3) is 0.550. The Hall–Kier alpha value is -1.89. The van der Waals surface area contributed by atoms with Crippen LogP contribution in [0.25, 0.3) is 0 Å². The summed E-state index contributed by atoms with van der Waals surface area (Å²) in [6.45, 7) is 5.81. The summed E-state index contributed by atoms with van der Waals surface area (Å²) in [5, 5.41) is 13.0. The maximum Gasteiger partial charge on any atom is 0.252 e. The van der Waals surface area contributed by atoms with Crippen molar-refractivity contribution in [2.75, 3.05) is 27.2 Å². The Labute approximate surface area is 155 Å². The van der Waals surface area contributed by atoms with Crippen LogP contribution in [0.1, 0.15) is 24.8 Å². The minimum Gasteiger partial charge on any atom is -0.497 e. The summed E-state index contributed by atoms with van der Waals surface area (Å²) < 4.78 is 11.0. The Morgan fingerprint density at radius 3 is 2.81 bits per heavy atom. The van der Waals surface area contributed by atoms with E-state index >= 15 is 0 Å². The van der Waals surface area contributed by atoms with Crippen LogP contribution in [0.3, 0.4) is 0 Å². The van der Waals surface area contributed by atoms with Gasteiger partial charge in [0.15, 0.2) is 6.10 Å². The summed E-state index contributed by atoms with van der Waals surface area (Å²) in [6, 6.07) is 7.50. The van der Waals surface area contributed by atoms with Gasteiger partial charge in [-0.15, -0.1) is 6.58 Å². The molecule has 1 fully saturated rings. The summed E-state index contributed by atoms with van der Waals surface area (Å²) in [5.74, 6) is 0.507. The molecule has 1 aromatic rings. The molecule has 0 saturated carbocycles. The molecule has 0 aliphatic carbocycles. The van der Waals surface area contributed by atoms with Crippen LogP contribution in [0.5, 0.6) is 5.75 Å². The number of likely N-dealkylation sites (N-methyl/N-ethyl adjacent to an activating group) is 1. The Morgan fingerprint density at radius 1 is 1.42 bits per heavy atom. The van der Waals surface area contributed by atoms with Crippen molar-refractivity contribution in [3.05, 3.63) is 42.5 Å². The fourth-order valence-corrected chi connectivity index (χ4v) is 3.03. The summed E-state index contributed by atoms with van der Waals surface area (Å²) in [6.07, 6.45) is 2.47. The quantitative estimate of drug-likeness (QED) is 0.655. The summed E-state index contributed by atoms with van der Waals surface area (Å²) in [7, 11) is 3.64. The molecule has 1 saturated heterocycles. The molecule has 144 valence electrons. The second-order valence-electron chi connectivity index (χ2n) is 6.73. The van der Waals surface area contributed by atoms with Crippen LogP contribution >= 0.6 is 0 Å². The number of aliphatic hydroxyl groups is 1. The highest BCUT2D eigenvalue weighted by molar-refractivity contribution is 5.81. The van der Waals surface area contributed by atoms with Gasteiger partial charge in [0.2, 0.25) is 0 Å². The van der Waals surface area contributed by atoms with E-state index in [1.165, 1.54) is 0 Å². The number of benzene rings is 1. The molecule has 0 radical (unpaired) electrons. The molecule has 0 aromatic heterocycles. The molecule has 3 atom stereocenters. The maximum absolute atomic E-state index is 12.4. The lowest BCUT2D eigenvalue weighted by Crippen LogP contribution is -2.49. The van der Waals surface area contributed by atoms with Crippen molar-refractivity contribution in [2.45, 2.75) is 44.1 Å². The van der Waals surface area contributed by atoms with Gasteiger partial charge >= 0.3 is 0 Å². The van der Waals surface area contributed by atoms with E-state index < -0.39 is 12.2 Å². The Balaban J connectivity index is 1.82. The van der Waals surface area contributed by atoms with Crippen molar-refractivity contribution in [1.29, 1.82) is 0 Å². The topological polar surface area (TPSA) is 71.0 Å². The number of nitrogens with one attached hydrogen (secondary N) is 1. The summed E-state index contributed by atoms with van der Waals surface area (Å²) >= 11 is 0. The van der Waals surface area contributed by atoms with E-state index in [2.05, 4.69) is 16.8 Å². The first kappa shape index (κ1) is 20.4. The summed E-state index contributed by atoms with van der Waals surface area (Å²) in [5.41, 5.74) is 0.965. The van der Waals surface area contributed by atoms with Gasteiger partial charge in [0, 0.05) is 19.6 Å². The lowest BCUT2D eigenvalue weighted by molar-refractivity contribution is -0.158. The third kappa shape index (κ3) is 6.12. The maximum atomic E-state index is 12.4. The zero-order valence-corrected chi connectivity index (χ0v) is 15.7. The first-order valence-corrected chi connectivity index (χ1v) is 9.07. The van der Waals surface area contributed by atoms with Crippen LogP contribution in [0.15, 0.2) is 36.9 Å². The van der Waals surface area contributed by atoms with Gasteiger partial charge in [-0.1, -0.05) is 18.2 Å². The van der Waals surface area contributed by atoms with E-state index in [9.17, 15) is 9.90 Å². The summed E-state index contributed by atoms with van der Waals surface area (Å²) in [4.78, 5) is 14.6. The van der Waals surface area contributed by atoms with Gasteiger partial charge in [-0.3, -0.25) is 4.79 Å². The van der Waals surface area contributed by atoms with Crippen LogP contribution < -0.4 is 10.1 Å². The molecule has 1 amide bonds. The number of ether oxygens (including phenoxy) is 2. The van der Waals surface area contributed by atoms with Gasteiger partial charge in [-0.05, 0) is 44.0 Å². The molecule has 1 heterocycles. The number of amides is 1. The van der Waals surface area contributed by atoms with E-state index in [1.54, 1.807) is 7.11 Å². The molecular weight excluding hydrogens is 332 g/mol. The molecule has 2 N–H and O–H groups in total. The minimum atomic E-state index is -0.809. The third-order valence-electron chi connectivity index (χ3n) is 4.63. The van der Waals surface area contributed by atoms with Crippen LogP contribution in [-0.4, -0.2) is 61.5 Å². The lowest BCUT2D eigenvalue weighted by atomic mass is 9.98. The van der Waals surface area contributed by atoms with Crippen LogP contribution in [0, 0.1) is 0 Å². The predicted octanol–water partition coefficient (Wildman–Crippen LogP) is 1.73. The Morgan fingerprint density at radius 2 is 2.15 bits per heavy atom. The van der Waals surface area contributed by atoms with Crippen LogP contribution in [-0.2, 0) is 16.1 Å². The normalized spacial score (nSPS) is 22.8. The number of carbonyl (C=O) groups is 1. The van der Waals surface area contributed by atoms with Crippen molar-refractivity contribution in [1.82, 2.24) is 10.2 Å². The molecule has 6 nitrogen and oxygen atoms in total. The fourth-order valence-electron chi connectivity index (χ4n) is 3.03. The molecular formula is C20H30N2O4. The second-order valence-corrected chi connectivity index (χ2v) is 6.73. The van der Waals surface area contributed by atoms with Gasteiger partial charge in [0.1, 0.15) is 5.75 Å². The number of nitrogens with zero attached hydrogens (tertiary/aromatic N) is 1. The van der Waals surface area contributed by atoms with Crippen molar-refractivity contribution >= 4 is 5.91 Å². The van der Waals surface area contributed by atoms with Crippen LogP contribution in [0.2, 0.25) is 0 Å². The average molecular weight is 362 g/mol. The smallest absolute Gasteiger partial charge is 0.252 e. The van der Waals surface area contributed by atoms with Gasteiger partial charge in [0.05, 0.1) is 19.3 Å². The standard InChI is InChI=1S/C20H30N2O4/c1-4-12-22(2)13-11-17-9-10-18(23)19(26-17)20(24)21-14-15-5-7-16(25-3)8-6-15/h4-8,17-19,23H,1,9-14H2,2-3H3,(H,21,24). The number of hydrogen-bond acceptors (Lipinski definition) is 5. The first-order chi connectivity index (χ1) is 12.5. The number of carbonyl (C=O) groups excluding carboxylic acids is 1. The van der Waals surface area contributed by atoms with Crippen LogP contribution in [0.4, 0.5) is 0 Å². The number of aliphatic hydroxyl groups excluding tert-OH is 1. The molecule has 3 unspecified atom stereocenters. The molecule has 2 rings (SSSR count). The molecule has 0 bridgehead atoms. The molecule has 26 heavy (non-hydrogen) atoms. The zero-order valence-electron chi connectivity index (χ0n) is 15.7. The van der Waals surface area contributed by atoms with Crippen molar-refractivity contribution in [2.24, 2.45) is 0 Å². The lowest BCUT2D eigenvalue weighted by Gasteiger charge is -2.33. The van der Waals surface area contributed by atoms with Crippen molar-refractivity contribution < 1.29 is 19.4 Å². The Kier molecular flexibility index (Phi) is 8.09. The van der Waals surface area contributed by atoms with E-state index in [4.69, 9.17) is 9.47 Å². The predicted molar refractivity (Wildman–Crippen MR) is 101 cm³/mol. The zero-order chi connectivity index (χ0) is 18.9. The van der Waals surface area contributed by atoms with E-state index in [-0.39, 0.29) is 12.0 Å². The van der Waals surface area contributed by atoms with Gasteiger partial charge in [-0.25, -0.2) is 0 Å². The number of rotatable bonds is 9. The second kappa shape index (κ2) is 10.3. The van der Waals surface area contributed by atoms with E-state index in [0.29, 0.717) is 13.0 Å². The van der Waals surface area contributed by atoms with E-state index in [1.807, 2.05) is 37.4 Å². The first-order valence-electron chi connectivity index (χ1n) is 9.07. The third-order valence-corrected chi connectivity index (χ3v) is 4.63. The molecule has 0 spiro atoms. The molecule has 1 aliphatic heterocycles. The SMILES string of the molecule is C=CCN(C)CCC1CCC(O)C(C(=O)NCc2ccc(OC)cc2)O1. The highest BCUT2D eigenvalue weighted by atomic mass is 16.5. The van der Waals surface area contributed by atoms with Gasteiger partial charge in [0.25, 0.3) is 5.91 Å². The van der Waals surface area contributed by atoms with Gasteiger partial charge < -0.3 is 24.8 Å². The molecule has 6 heteroatoms. The van der Waals surface area contributed by atoms with E-state index in [0.717, 1.165) is 37.2 Å². The highest BCUT2D eigenvalue weighted by Gasteiger charge is 2.34. The number of hydrogen-bond donors (Lipinski definition) is 2. The van der Waals surface area contributed by atoms with Crippen molar-refractivity contribution in [3.63, 3.8) is 0 Å². The minimum absolute atomic E-state index is 0.0117. The van der Waals surface area contributed by atoms with Crippen molar-refractivity contribution in [3.8, 4) is 5.75 Å². The average Bonchev–Trinajstić information content (AvgIpc) is 2.66. The Bertz CT molecular complexity index is 576. The van der Waals surface area contributed by atoms with Gasteiger partial charge in [-0.2, -0.15) is 0 Å². The monoisotopic (exact) mass is 362 g/mol. The largest absolute Gasteiger partial charge is 0.497 e. The molecule has 1 aromatic carbocycles. The highest BCUT2D eigenvalue weighted by Crippen LogP contribution is 2.22. The molecule has 1 aliphatic rings.